The van der Waals surface area contributed by atoms with Gasteiger partial charge in [-0.1, -0.05) is 12.5 Å². The first kappa shape index (κ1) is 11.3. The number of benzene rings is 1. The second-order valence-electron chi connectivity index (χ2n) is 5.36. The van der Waals surface area contributed by atoms with Crippen LogP contribution >= 0.6 is 0 Å². The SMILES string of the molecule is Cc1cc2cc(C3(C(=O)O)CCC3)ccc2n1C. The molecule has 0 unspecified atom stereocenters. The van der Waals surface area contributed by atoms with Gasteiger partial charge in [0.2, 0.25) is 0 Å². The molecule has 3 nitrogen and oxygen atoms in total. The number of carboxylic acids is 1. The molecule has 2 aromatic rings. The minimum Gasteiger partial charge on any atom is -0.481 e. The van der Waals surface area contributed by atoms with Gasteiger partial charge in [0.1, 0.15) is 0 Å². The number of hydrogen-bond donors (Lipinski definition) is 1. The first-order valence-electron chi connectivity index (χ1n) is 6.34. The summed E-state index contributed by atoms with van der Waals surface area (Å²) in [7, 11) is 2.04. The van der Waals surface area contributed by atoms with E-state index in [1.807, 2.05) is 19.2 Å². The van der Waals surface area contributed by atoms with E-state index in [2.05, 4.69) is 23.6 Å². The summed E-state index contributed by atoms with van der Waals surface area (Å²) in [5, 5.41) is 10.6. The minimum absolute atomic E-state index is 0.627. The van der Waals surface area contributed by atoms with Crippen LogP contribution in [-0.4, -0.2) is 15.6 Å². The fraction of sp³-hybridized carbons (Fsp3) is 0.400. The number of carbonyl (C=O) groups is 1. The molecule has 0 radical (unpaired) electrons. The molecule has 0 amide bonds. The van der Waals surface area contributed by atoms with Gasteiger partial charge in [-0.15, -0.1) is 0 Å². The second kappa shape index (κ2) is 3.61. The van der Waals surface area contributed by atoms with E-state index in [0.29, 0.717) is 0 Å². The molecule has 1 saturated carbocycles. The monoisotopic (exact) mass is 243 g/mol. The Hall–Kier alpha value is -1.77. The number of rotatable bonds is 2. The molecule has 1 aliphatic rings. The summed E-state index contributed by atoms with van der Waals surface area (Å²) < 4.78 is 2.13. The van der Waals surface area contributed by atoms with Gasteiger partial charge in [-0.25, -0.2) is 0 Å². The van der Waals surface area contributed by atoms with Crippen LogP contribution in [0.2, 0.25) is 0 Å². The van der Waals surface area contributed by atoms with E-state index in [0.717, 1.165) is 35.7 Å². The number of nitrogens with zero attached hydrogens (tertiary/aromatic N) is 1. The molecule has 18 heavy (non-hydrogen) atoms. The Morgan fingerprint density at radius 1 is 1.33 bits per heavy atom. The molecule has 3 heteroatoms. The summed E-state index contributed by atoms with van der Waals surface area (Å²) >= 11 is 0. The zero-order chi connectivity index (χ0) is 12.9. The van der Waals surface area contributed by atoms with Gasteiger partial charge in [0.15, 0.2) is 0 Å². The molecule has 0 atom stereocenters. The molecule has 1 aromatic heterocycles. The normalized spacial score (nSPS) is 17.7. The van der Waals surface area contributed by atoms with Gasteiger partial charge in [-0.3, -0.25) is 4.79 Å². The molecule has 0 bridgehead atoms. The largest absolute Gasteiger partial charge is 0.481 e. The van der Waals surface area contributed by atoms with E-state index in [1.165, 1.54) is 5.69 Å². The quantitative estimate of drug-likeness (QED) is 0.881. The van der Waals surface area contributed by atoms with Crippen LogP contribution in [0.4, 0.5) is 0 Å². The van der Waals surface area contributed by atoms with Crippen LogP contribution in [0.3, 0.4) is 0 Å². The summed E-state index contributed by atoms with van der Waals surface area (Å²) in [4.78, 5) is 11.5. The van der Waals surface area contributed by atoms with Crippen molar-refractivity contribution in [3.63, 3.8) is 0 Å². The van der Waals surface area contributed by atoms with Crippen molar-refractivity contribution in [1.29, 1.82) is 0 Å². The van der Waals surface area contributed by atoms with Crippen LogP contribution < -0.4 is 0 Å². The Bertz CT molecular complexity index is 635. The molecule has 1 N–H and O–H groups in total. The first-order chi connectivity index (χ1) is 8.54. The van der Waals surface area contributed by atoms with Crippen LogP contribution in [0.1, 0.15) is 30.5 Å². The highest BCUT2D eigenvalue weighted by Crippen LogP contribution is 2.44. The van der Waals surface area contributed by atoms with Crippen LogP contribution in [0.5, 0.6) is 0 Å². The van der Waals surface area contributed by atoms with Crippen molar-refractivity contribution in [2.24, 2.45) is 7.05 Å². The van der Waals surface area contributed by atoms with E-state index in [4.69, 9.17) is 0 Å². The first-order valence-corrected chi connectivity index (χ1v) is 6.34. The number of hydrogen-bond acceptors (Lipinski definition) is 1. The Balaban J connectivity index is 2.16. The van der Waals surface area contributed by atoms with Crippen molar-refractivity contribution in [3.05, 3.63) is 35.5 Å². The van der Waals surface area contributed by atoms with Crippen molar-refractivity contribution in [2.45, 2.75) is 31.6 Å². The summed E-state index contributed by atoms with van der Waals surface area (Å²) in [6.07, 6.45) is 2.54. The maximum absolute atomic E-state index is 11.5. The fourth-order valence-corrected chi connectivity index (χ4v) is 2.94. The summed E-state index contributed by atoms with van der Waals surface area (Å²) in [5.74, 6) is -0.680. The highest BCUT2D eigenvalue weighted by Gasteiger charge is 2.45. The number of aryl methyl sites for hydroxylation is 2. The maximum atomic E-state index is 11.5. The van der Waals surface area contributed by atoms with Gasteiger partial charge >= 0.3 is 5.97 Å². The van der Waals surface area contributed by atoms with Gasteiger partial charge in [-0.05, 0) is 43.5 Å². The number of aromatic nitrogens is 1. The zero-order valence-corrected chi connectivity index (χ0v) is 10.7. The molecule has 1 aliphatic carbocycles. The molecule has 1 fully saturated rings. The van der Waals surface area contributed by atoms with E-state index in [1.54, 1.807) is 0 Å². The lowest BCUT2D eigenvalue weighted by molar-refractivity contribution is -0.147. The van der Waals surface area contributed by atoms with E-state index in [9.17, 15) is 9.90 Å². The molecular formula is C15H17NO2. The lowest BCUT2D eigenvalue weighted by Gasteiger charge is -2.38. The average molecular weight is 243 g/mol. The molecule has 3 rings (SSSR count). The van der Waals surface area contributed by atoms with E-state index in [-0.39, 0.29) is 0 Å². The Kier molecular flexibility index (Phi) is 2.27. The van der Waals surface area contributed by atoms with Gasteiger partial charge in [0, 0.05) is 23.6 Å². The molecule has 0 saturated heterocycles. The van der Waals surface area contributed by atoms with Crippen molar-refractivity contribution < 1.29 is 9.90 Å². The van der Waals surface area contributed by atoms with Crippen molar-refractivity contribution >= 4 is 16.9 Å². The third-order valence-corrected chi connectivity index (χ3v) is 4.45. The number of aliphatic carboxylic acids is 1. The molecule has 0 spiro atoms. The van der Waals surface area contributed by atoms with Gasteiger partial charge in [0.25, 0.3) is 0 Å². The maximum Gasteiger partial charge on any atom is 0.314 e. The highest BCUT2D eigenvalue weighted by molar-refractivity contribution is 5.87. The third-order valence-electron chi connectivity index (χ3n) is 4.45. The highest BCUT2D eigenvalue weighted by atomic mass is 16.4. The van der Waals surface area contributed by atoms with E-state index < -0.39 is 11.4 Å². The van der Waals surface area contributed by atoms with Crippen molar-refractivity contribution in [1.82, 2.24) is 4.57 Å². The lowest BCUT2D eigenvalue weighted by atomic mass is 9.64. The Morgan fingerprint density at radius 3 is 2.61 bits per heavy atom. The third kappa shape index (κ3) is 1.33. The predicted molar refractivity (Wildman–Crippen MR) is 70.8 cm³/mol. The topological polar surface area (TPSA) is 42.2 Å². The summed E-state index contributed by atoms with van der Waals surface area (Å²) in [6.45, 7) is 2.07. The average Bonchev–Trinajstić information content (AvgIpc) is 2.52. The Labute approximate surface area is 106 Å². The standard InChI is InChI=1S/C15H17NO2/c1-10-8-11-9-12(4-5-13(11)16(10)2)15(14(17)18)6-3-7-15/h4-5,8-9H,3,6-7H2,1-2H3,(H,17,18). The van der Waals surface area contributed by atoms with Gasteiger partial charge in [0.05, 0.1) is 5.41 Å². The minimum atomic E-state index is -0.680. The molecular weight excluding hydrogens is 226 g/mol. The van der Waals surface area contributed by atoms with Crippen LogP contribution in [0, 0.1) is 6.92 Å². The van der Waals surface area contributed by atoms with Crippen LogP contribution in [0.25, 0.3) is 10.9 Å². The summed E-state index contributed by atoms with van der Waals surface area (Å²) in [5.41, 5.74) is 2.69. The molecule has 94 valence electrons. The molecule has 1 aromatic carbocycles. The molecule has 1 heterocycles. The Morgan fingerprint density at radius 2 is 2.06 bits per heavy atom. The number of fused-ring (bicyclic) bond motifs is 1. The van der Waals surface area contributed by atoms with Crippen molar-refractivity contribution in [2.75, 3.05) is 0 Å². The number of carboxylic acid groups (broad SMARTS) is 1. The fourth-order valence-electron chi connectivity index (χ4n) is 2.94. The second-order valence-corrected chi connectivity index (χ2v) is 5.36. The summed E-state index contributed by atoms with van der Waals surface area (Å²) in [6, 6.07) is 8.19. The lowest BCUT2D eigenvalue weighted by Crippen LogP contribution is -2.42. The zero-order valence-electron chi connectivity index (χ0n) is 10.7. The smallest absolute Gasteiger partial charge is 0.314 e. The van der Waals surface area contributed by atoms with Crippen molar-refractivity contribution in [3.8, 4) is 0 Å². The van der Waals surface area contributed by atoms with Crippen LogP contribution in [0.15, 0.2) is 24.3 Å². The van der Waals surface area contributed by atoms with Gasteiger partial charge in [-0.2, -0.15) is 0 Å². The molecule has 0 aliphatic heterocycles. The predicted octanol–water partition coefficient (Wildman–Crippen LogP) is 2.99. The van der Waals surface area contributed by atoms with Gasteiger partial charge < -0.3 is 9.67 Å². The van der Waals surface area contributed by atoms with Crippen LogP contribution in [-0.2, 0) is 17.3 Å². The van der Waals surface area contributed by atoms with E-state index >= 15 is 0 Å².